The highest BCUT2D eigenvalue weighted by atomic mass is 19.4. The van der Waals surface area contributed by atoms with E-state index in [0.29, 0.717) is 30.2 Å². The van der Waals surface area contributed by atoms with Crippen LogP contribution in [0.1, 0.15) is 43.6 Å². The summed E-state index contributed by atoms with van der Waals surface area (Å²) >= 11 is 0. The number of hydrogen-bond donors (Lipinski definition) is 3. The van der Waals surface area contributed by atoms with Crippen LogP contribution in [-0.4, -0.2) is 54.6 Å². The quantitative estimate of drug-likeness (QED) is 0.603. The Morgan fingerprint density at radius 1 is 1.16 bits per heavy atom. The van der Waals surface area contributed by atoms with Crippen LogP contribution in [0.5, 0.6) is 5.75 Å². The third-order valence-electron chi connectivity index (χ3n) is 5.85. The summed E-state index contributed by atoms with van der Waals surface area (Å²) in [5.41, 5.74) is 1.47. The molecule has 1 aromatic rings. The summed E-state index contributed by atoms with van der Waals surface area (Å²) in [6, 6.07) is 5.32. The van der Waals surface area contributed by atoms with Gasteiger partial charge in [0.2, 0.25) is 11.8 Å². The number of ether oxygens (including phenoxy) is 2. The third kappa shape index (κ3) is 5.48. The van der Waals surface area contributed by atoms with Crippen molar-refractivity contribution < 1.29 is 37.3 Å². The van der Waals surface area contributed by atoms with Crippen molar-refractivity contribution in [2.24, 2.45) is 5.92 Å². The number of halogens is 3. The topological polar surface area (TPSA) is 96.9 Å². The molecule has 0 aromatic heterocycles. The van der Waals surface area contributed by atoms with Gasteiger partial charge in [-0.3, -0.25) is 9.59 Å². The van der Waals surface area contributed by atoms with Gasteiger partial charge in [-0.25, -0.2) is 0 Å². The lowest BCUT2D eigenvalue weighted by Gasteiger charge is -2.37. The largest absolute Gasteiger partial charge is 0.487 e. The van der Waals surface area contributed by atoms with Crippen LogP contribution < -0.4 is 15.4 Å². The third-order valence-corrected chi connectivity index (χ3v) is 5.85. The second-order valence-corrected chi connectivity index (χ2v) is 8.45. The second-order valence-electron chi connectivity index (χ2n) is 8.45. The van der Waals surface area contributed by atoms with Crippen LogP contribution in [0.15, 0.2) is 18.2 Å². The summed E-state index contributed by atoms with van der Waals surface area (Å²) < 4.78 is 48.7. The second kappa shape index (κ2) is 8.66. The van der Waals surface area contributed by atoms with E-state index in [4.69, 9.17) is 9.47 Å². The lowest BCUT2D eigenvalue weighted by Crippen LogP contribution is -2.47. The van der Waals surface area contributed by atoms with E-state index in [2.05, 4.69) is 5.32 Å². The predicted molar refractivity (Wildman–Crippen MR) is 104 cm³/mol. The van der Waals surface area contributed by atoms with Crippen LogP contribution in [-0.2, 0) is 14.3 Å². The van der Waals surface area contributed by atoms with E-state index in [9.17, 15) is 27.9 Å². The lowest BCUT2D eigenvalue weighted by atomic mass is 9.84. The molecule has 31 heavy (non-hydrogen) atoms. The maximum absolute atomic E-state index is 12.3. The minimum absolute atomic E-state index is 0.0441. The molecule has 1 saturated heterocycles. The number of carbonyl (C=O) groups excluding carboxylic acids is 2. The molecule has 2 aliphatic heterocycles. The maximum Gasteiger partial charge on any atom is 0.405 e. The number of amides is 2. The van der Waals surface area contributed by atoms with Gasteiger partial charge in [-0.2, -0.15) is 13.2 Å². The van der Waals surface area contributed by atoms with E-state index >= 15 is 0 Å². The van der Waals surface area contributed by atoms with Crippen molar-refractivity contribution >= 4 is 17.5 Å². The van der Waals surface area contributed by atoms with E-state index in [1.54, 1.807) is 12.1 Å². The number of rotatable bonds is 7. The van der Waals surface area contributed by atoms with Crippen LogP contribution in [0.3, 0.4) is 0 Å². The van der Waals surface area contributed by atoms with Gasteiger partial charge in [0.1, 0.15) is 24.5 Å². The molecule has 1 aliphatic carbocycles. The molecule has 1 saturated carbocycles. The van der Waals surface area contributed by atoms with Crippen LogP contribution >= 0.6 is 0 Å². The molecule has 2 fully saturated rings. The molecule has 3 N–H and O–H groups in total. The fourth-order valence-electron chi connectivity index (χ4n) is 4.24. The first-order valence-corrected chi connectivity index (χ1v) is 10.4. The molecule has 2 amide bonds. The normalized spacial score (nSPS) is 27.1. The van der Waals surface area contributed by atoms with Gasteiger partial charge >= 0.3 is 6.18 Å². The standard InChI is InChI=1S/C21H25F3N2O5/c22-21(23,24)10-25-18(28)8-13-7-15-14-6-12(26-19(29)5-11-1-2-11)3-4-16(14)31-20(15)17(9-27)30-13/h3-4,6,11,13,15,17,20,27H,1-2,5,7-10H2,(H,25,28)(H,26,29)/t13-,15-,17-,20+/m1/s1. The number of hydrogen-bond acceptors (Lipinski definition) is 5. The molecule has 0 unspecified atom stereocenters. The summed E-state index contributed by atoms with van der Waals surface area (Å²) in [6.07, 6.45) is -3.56. The van der Waals surface area contributed by atoms with Crippen molar-refractivity contribution in [3.05, 3.63) is 23.8 Å². The molecule has 1 aromatic carbocycles. The molecule has 4 atom stereocenters. The molecular formula is C21H25F3N2O5. The highest BCUT2D eigenvalue weighted by Crippen LogP contribution is 2.47. The minimum Gasteiger partial charge on any atom is -0.487 e. The Morgan fingerprint density at radius 2 is 1.94 bits per heavy atom. The Kier molecular flexibility index (Phi) is 6.11. The first kappa shape index (κ1) is 21.9. The number of carbonyl (C=O) groups is 2. The number of benzene rings is 1. The summed E-state index contributed by atoms with van der Waals surface area (Å²) in [6.45, 7) is -1.75. The van der Waals surface area contributed by atoms with E-state index in [1.807, 2.05) is 11.4 Å². The molecule has 0 radical (unpaired) electrons. The Morgan fingerprint density at radius 3 is 2.61 bits per heavy atom. The van der Waals surface area contributed by atoms with Crippen LogP contribution in [0.2, 0.25) is 0 Å². The molecular weight excluding hydrogens is 417 g/mol. The zero-order valence-electron chi connectivity index (χ0n) is 16.8. The van der Waals surface area contributed by atoms with Crippen molar-refractivity contribution in [2.75, 3.05) is 18.5 Å². The highest BCUT2D eigenvalue weighted by molar-refractivity contribution is 5.91. The summed E-state index contributed by atoms with van der Waals surface area (Å²) in [4.78, 5) is 24.1. The van der Waals surface area contributed by atoms with Crippen molar-refractivity contribution in [3.8, 4) is 5.75 Å². The van der Waals surface area contributed by atoms with Crippen LogP contribution in [0.4, 0.5) is 18.9 Å². The van der Waals surface area contributed by atoms with Gasteiger partial charge < -0.3 is 25.2 Å². The van der Waals surface area contributed by atoms with Crippen LogP contribution in [0.25, 0.3) is 0 Å². The predicted octanol–water partition coefficient (Wildman–Crippen LogP) is 2.49. The fourth-order valence-corrected chi connectivity index (χ4v) is 4.24. The zero-order chi connectivity index (χ0) is 22.2. The van der Waals surface area contributed by atoms with Crippen molar-refractivity contribution in [3.63, 3.8) is 0 Å². The van der Waals surface area contributed by atoms with Gasteiger partial charge in [-0.1, -0.05) is 0 Å². The first-order chi connectivity index (χ1) is 14.7. The molecule has 3 aliphatic rings. The van der Waals surface area contributed by atoms with E-state index in [1.165, 1.54) is 0 Å². The summed E-state index contributed by atoms with van der Waals surface area (Å²) in [7, 11) is 0. The van der Waals surface area contributed by atoms with Gasteiger partial charge in [0.25, 0.3) is 0 Å². The zero-order valence-corrected chi connectivity index (χ0v) is 16.8. The van der Waals surface area contributed by atoms with Gasteiger partial charge in [0.15, 0.2) is 0 Å². The average molecular weight is 442 g/mol. The fraction of sp³-hybridized carbons (Fsp3) is 0.619. The van der Waals surface area contributed by atoms with E-state index < -0.39 is 36.9 Å². The average Bonchev–Trinajstić information content (AvgIpc) is 3.44. The maximum atomic E-state index is 12.3. The summed E-state index contributed by atoms with van der Waals surface area (Å²) in [5.74, 6) is 0.0586. The molecule has 0 spiro atoms. The first-order valence-electron chi connectivity index (χ1n) is 10.4. The number of alkyl halides is 3. The molecule has 7 nitrogen and oxygen atoms in total. The van der Waals surface area contributed by atoms with Crippen molar-refractivity contribution in [1.82, 2.24) is 5.32 Å². The molecule has 10 heteroatoms. The number of nitrogens with one attached hydrogen (secondary N) is 2. The van der Waals surface area contributed by atoms with E-state index in [0.717, 1.165) is 18.4 Å². The number of anilines is 1. The highest BCUT2D eigenvalue weighted by Gasteiger charge is 2.46. The molecule has 170 valence electrons. The van der Waals surface area contributed by atoms with E-state index in [-0.39, 0.29) is 24.9 Å². The van der Waals surface area contributed by atoms with Gasteiger partial charge in [-0.05, 0) is 43.4 Å². The number of fused-ring (bicyclic) bond motifs is 3. The summed E-state index contributed by atoms with van der Waals surface area (Å²) in [5, 5.41) is 14.5. The van der Waals surface area contributed by atoms with Crippen LogP contribution in [0, 0.1) is 5.92 Å². The van der Waals surface area contributed by atoms with Gasteiger partial charge in [0, 0.05) is 23.6 Å². The Bertz CT molecular complexity index is 843. The molecule has 0 bridgehead atoms. The lowest BCUT2D eigenvalue weighted by molar-refractivity contribution is -0.149. The van der Waals surface area contributed by atoms with Crippen molar-refractivity contribution in [1.29, 1.82) is 0 Å². The Hall–Kier alpha value is -2.33. The Labute approximate surface area is 177 Å². The van der Waals surface area contributed by atoms with Crippen molar-refractivity contribution in [2.45, 2.75) is 62.5 Å². The monoisotopic (exact) mass is 442 g/mol. The van der Waals surface area contributed by atoms with Gasteiger partial charge in [0.05, 0.1) is 19.1 Å². The van der Waals surface area contributed by atoms with Gasteiger partial charge in [-0.15, -0.1) is 0 Å². The number of aliphatic hydroxyl groups is 1. The Balaban J connectivity index is 1.43. The SMILES string of the molecule is O=C(C[C@H]1C[C@@H]2c3cc(NC(=O)CC4CC4)ccc3O[C@@H]2[C@@H](CO)O1)NCC(F)(F)F. The molecule has 2 heterocycles. The number of aliphatic hydroxyl groups excluding tert-OH is 1. The minimum atomic E-state index is -4.49. The smallest absolute Gasteiger partial charge is 0.405 e. The molecule has 4 rings (SSSR count).